The molecule has 6 heteroatoms. The fraction of sp³-hybridized carbons (Fsp3) is 0. The summed E-state index contributed by atoms with van der Waals surface area (Å²) in [5, 5.41) is 6.96. The molecule has 0 unspecified atom stereocenters. The lowest BCUT2D eigenvalue weighted by Crippen LogP contribution is -2.21. The van der Waals surface area contributed by atoms with Gasteiger partial charge in [0.15, 0.2) is 0 Å². The molecule has 0 aliphatic heterocycles. The highest BCUT2D eigenvalue weighted by atomic mass is 15.3. The lowest BCUT2D eigenvalue weighted by Gasteiger charge is -1.86. The Morgan fingerprint density at radius 1 is 1.50 bits per heavy atom. The average molecular weight is 164 g/mol. The van der Waals surface area contributed by atoms with E-state index in [1.807, 2.05) is 0 Å². The van der Waals surface area contributed by atoms with Crippen LogP contribution in [0.5, 0.6) is 0 Å². The molecular weight excluding hydrogens is 156 g/mol. The molecule has 1 heterocycles. The van der Waals surface area contributed by atoms with Gasteiger partial charge >= 0.3 is 0 Å². The van der Waals surface area contributed by atoms with Crippen molar-refractivity contribution in [2.24, 2.45) is 21.7 Å². The molecule has 1 rings (SSSR count). The van der Waals surface area contributed by atoms with Gasteiger partial charge in [0.05, 0.1) is 11.9 Å². The zero-order valence-corrected chi connectivity index (χ0v) is 6.25. The summed E-state index contributed by atoms with van der Waals surface area (Å²) in [6, 6.07) is 1.69. The molecule has 0 radical (unpaired) electrons. The van der Waals surface area contributed by atoms with Crippen molar-refractivity contribution in [2.45, 2.75) is 0 Å². The second-order valence-electron chi connectivity index (χ2n) is 1.90. The Bertz CT molecular complexity index is 286. The van der Waals surface area contributed by atoms with E-state index in [0.29, 0.717) is 5.69 Å². The first-order valence-electron chi connectivity index (χ1n) is 3.17. The van der Waals surface area contributed by atoms with Gasteiger partial charge in [0.2, 0.25) is 5.96 Å². The first-order chi connectivity index (χ1) is 5.79. The second-order valence-corrected chi connectivity index (χ2v) is 1.90. The van der Waals surface area contributed by atoms with Gasteiger partial charge in [-0.05, 0) is 6.07 Å². The van der Waals surface area contributed by atoms with E-state index in [2.05, 4.69) is 20.2 Å². The third-order valence-corrected chi connectivity index (χ3v) is 0.968. The number of rotatable bonds is 2. The van der Waals surface area contributed by atoms with Gasteiger partial charge in [-0.15, -0.1) is 5.10 Å². The van der Waals surface area contributed by atoms with Crippen LogP contribution in [0.1, 0.15) is 5.69 Å². The van der Waals surface area contributed by atoms with Crippen molar-refractivity contribution in [1.82, 2.24) is 9.97 Å². The van der Waals surface area contributed by atoms with Crippen molar-refractivity contribution in [2.75, 3.05) is 0 Å². The highest BCUT2D eigenvalue weighted by Crippen LogP contribution is 1.85. The van der Waals surface area contributed by atoms with E-state index in [9.17, 15) is 0 Å². The molecule has 0 saturated heterocycles. The fourth-order valence-electron chi connectivity index (χ4n) is 0.532. The molecule has 1 aromatic heterocycles. The molecule has 0 aliphatic rings. The molecule has 0 spiro atoms. The van der Waals surface area contributed by atoms with Gasteiger partial charge in [0.1, 0.15) is 6.33 Å². The van der Waals surface area contributed by atoms with Gasteiger partial charge < -0.3 is 11.5 Å². The molecule has 4 N–H and O–H groups in total. The van der Waals surface area contributed by atoms with Crippen LogP contribution in [0.25, 0.3) is 0 Å². The maximum atomic E-state index is 5.04. The first kappa shape index (κ1) is 8.12. The van der Waals surface area contributed by atoms with E-state index in [1.165, 1.54) is 12.5 Å². The molecule has 0 saturated carbocycles. The number of nitrogens with zero attached hydrogens (tertiary/aromatic N) is 4. The largest absolute Gasteiger partial charge is 0.369 e. The predicted molar refractivity (Wildman–Crippen MR) is 45.4 cm³/mol. The van der Waals surface area contributed by atoms with Crippen LogP contribution in [0.2, 0.25) is 0 Å². The van der Waals surface area contributed by atoms with Crippen LogP contribution in [-0.2, 0) is 0 Å². The van der Waals surface area contributed by atoms with Gasteiger partial charge in [0, 0.05) is 6.20 Å². The Hall–Kier alpha value is -1.98. The molecule has 12 heavy (non-hydrogen) atoms. The SMILES string of the molecule is NC(N)=NN=Cc1ccncn1. The van der Waals surface area contributed by atoms with Gasteiger partial charge in [-0.25, -0.2) is 9.97 Å². The monoisotopic (exact) mass is 164 g/mol. The minimum absolute atomic E-state index is 0.0830. The zero-order valence-electron chi connectivity index (χ0n) is 6.25. The van der Waals surface area contributed by atoms with E-state index < -0.39 is 0 Å². The van der Waals surface area contributed by atoms with E-state index in [0.717, 1.165) is 0 Å². The van der Waals surface area contributed by atoms with Crippen LogP contribution in [0.15, 0.2) is 28.8 Å². The molecule has 0 aliphatic carbocycles. The number of nitrogens with two attached hydrogens (primary N) is 2. The van der Waals surface area contributed by atoms with Gasteiger partial charge in [-0.2, -0.15) is 5.10 Å². The molecule has 0 atom stereocenters. The minimum atomic E-state index is -0.0830. The standard InChI is InChI=1S/C6H8N6/c7-6(8)12-11-3-5-1-2-9-4-10-5/h1-4H,(H4,7,8,12). The minimum Gasteiger partial charge on any atom is -0.369 e. The molecule has 0 fully saturated rings. The Morgan fingerprint density at radius 3 is 2.92 bits per heavy atom. The lowest BCUT2D eigenvalue weighted by atomic mass is 10.4. The van der Waals surface area contributed by atoms with Crippen molar-refractivity contribution in [1.29, 1.82) is 0 Å². The maximum absolute atomic E-state index is 5.04. The van der Waals surface area contributed by atoms with Crippen LogP contribution < -0.4 is 11.5 Å². The third-order valence-electron chi connectivity index (χ3n) is 0.968. The van der Waals surface area contributed by atoms with Crippen LogP contribution in [-0.4, -0.2) is 22.1 Å². The normalized spacial score (nSPS) is 10.0. The molecule has 6 nitrogen and oxygen atoms in total. The predicted octanol–water partition coefficient (Wildman–Crippen LogP) is -0.916. The van der Waals surface area contributed by atoms with E-state index in [-0.39, 0.29) is 5.96 Å². The van der Waals surface area contributed by atoms with Crippen LogP contribution in [0.3, 0.4) is 0 Å². The Labute approximate surface area is 69.0 Å². The first-order valence-corrected chi connectivity index (χ1v) is 3.17. The summed E-state index contributed by atoms with van der Waals surface area (Å²) in [5.74, 6) is -0.0830. The molecule has 0 bridgehead atoms. The van der Waals surface area contributed by atoms with E-state index >= 15 is 0 Å². The number of hydrogen-bond acceptors (Lipinski definition) is 4. The second kappa shape index (κ2) is 4.02. The highest BCUT2D eigenvalue weighted by molar-refractivity contribution is 5.79. The number of guanidine groups is 1. The van der Waals surface area contributed by atoms with Gasteiger partial charge in [0.25, 0.3) is 0 Å². The van der Waals surface area contributed by atoms with Crippen LogP contribution in [0, 0.1) is 0 Å². The zero-order chi connectivity index (χ0) is 8.81. The number of hydrogen-bond donors (Lipinski definition) is 2. The van der Waals surface area contributed by atoms with Gasteiger partial charge in [-0.1, -0.05) is 0 Å². The fourth-order valence-corrected chi connectivity index (χ4v) is 0.532. The van der Waals surface area contributed by atoms with Crippen LogP contribution in [0.4, 0.5) is 0 Å². The van der Waals surface area contributed by atoms with Crippen molar-refractivity contribution < 1.29 is 0 Å². The summed E-state index contributed by atoms with van der Waals surface area (Å²) in [7, 11) is 0. The van der Waals surface area contributed by atoms with Crippen molar-refractivity contribution >= 4 is 12.2 Å². The average Bonchev–Trinajstić information content (AvgIpc) is 2.05. The summed E-state index contributed by atoms with van der Waals surface area (Å²) in [5.41, 5.74) is 10.7. The Morgan fingerprint density at radius 2 is 2.33 bits per heavy atom. The van der Waals surface area contributed by atoms with Crippen molar-refractivity contribution in [3.8, 4) is 0 Å². The van der Waals surface area contributed by atoms with E-state index in [4.69, 9.17) is 11.5 Å². The lowest BCUT2D eigenvalue weighted by molar-refractivity contribution is 1.14. The maximum Gasteiger partial charge on any atom is 0.211 e. The summed E-state index contributed by atoms with van der Waals surface area (Å²) in [4.78, 5) is 7.59. The van der Waals surface area contributed by atoms with Gasteiger partial charge in [-0.3, -0.25) is 0 Å². The molecule has 0 aromatic carbocycles. The summed E-state index contributed by atoms with van der Waals surface area (Å²) in [6.45, 7) is 0. The van der Waals surface area contributed by atoms with Crippen molar-refractivity contribution in [3.05, 3.63) is 24.3 Å². The summed E-state index contributed by atoms with van der Waals surface area (Å²) in [6.07, 6.45) is 4.45. The molecule has 1 aromatic rings. The number of aromatic nitrogens is 2. The Kier molecular flexibility index (Phi) is 2.72. The highest BCUT2D eigenvalue weighted by Gasteiger charge is 1.84. The van der Waals surface area contributed by atoms with Crippen LogP contribution >= 0.6 is 0 Å². The molecule has 0 amide bonds. The summed E-state index contributed by atoms with van der Waals surface area (Å²) >= 11 is 0. The third kappa shape index (κ3) is 2.74. The Balaban J connectivity index is 2.64. The quantitative estimate of drug-likeness (QED) is 0.335. The van der Waals surface area contributed by atoms with Crippen molar-refractivity contribution in [3.63, 3.8) is 0 Å². The molecule has 62 valence electrons. The van der Waals surface area contributed by atoms with E-state index in [1.54, 1.807) is 12.3 Å². The topological polar surface area (TPSA) is 103 Å². The molecular formula is C6H8N6. The smallest absolute Gasteiger partial charge is 0.211 e. The summed E-state index contributed by atoms with van der Waals surface area (Å²) < 4.78 is 0.